The largest absolute Gasteiger partial charge is 0.461 e. The summed E-state index contributed by atoms with van der Waals surface area (Å²) in [6, 6.07) is 15.5. The van der Waals surface area contributed by atoms with Gasteiger partial charge in [-0.25, -0.2) is 4.79 Å². The molecule has 0 unspecified atom stereocenters. The van der Waals surface area contributed by atoms with E-state index in [-0.39, 0.29) is 12.3 Å². The van der Waals surface area contributed by atoms with Crippen molar-refractivity contribution in [3.05, 3.63) is 85.1 Å². The first kappa shape index (κ1) is 18.3. The average Bonchev–Trinajstić information content (AvgIpc) is 2.66. The summed E-state index contributed by atoms with van der Waals surface area (Å²) in [5, 5.41) is 5.31. The lowest BCUT2D eigenvalue weighted by Gasteiger charge is -2.33. The topological polar surface area (TPSA) is 76.7 Å². The van der Waals surface area contributed by atoms with Gasteiger partial charge in [-0.05, 0) is 29.8 Å². The van der Waals surface area contributed by atoms with Gasteiger partial charge in [-0.3, -0.25) is 4.79 Å². The Morgan fingerprint density at radius 3 is 2.59 bits per heavy atom. The van der Waals surface area contributed by atoms with Gasteiger partial charge >= 0.3 is 12.0 Å². The Kier molecular flexibility index (Phi) is 5.56. The van der Waals surface area contributed by atoms with Gasteiger partial charge in [0.1, 0.15) is 24.0 Å². The minimum atomic E-state index is -0.769. The molecule has 2 aromatic rings. The van der Waals surface area contributed by atoms with Crippen LogP contribution in [-0.4, -0.2) is 18.6 Å². The van der Waals surface area contributed by atoms with Crippen LogP contribution in [0.15, 0.2) is 79.5 Å². The van der Waals surface area contributed by atoms with Crippen molar-refractivity contribution in [2.45, 2.75) is 6.04 Å². The summed E-state index contributed by atoms with van der Waals surface area (Å²) in [7, 11) is 0. The van der Waals surface area contributed by atoms with E-state index in [9.17, 15) is 9.59 Å². The fourth-order valence-corrected chi connectivity index (χ4v) is 2.87. The van der Waals surface area contributed by atoms with Crippen molar-refractivity contribution in [1.82, 2.24) is 10.6 Å². The molecule has 0 saturated carbocycles. The first-order valence-electron chi connectivity index (χ1n) is 8.45. The molecule has 1 heterocycles. The Morgan fingerprint density at radius 2 is 1.85 bits per heavy atom. The number of carbonyl (C=O) groups is 2. The normalized spacial score (nSPS) is 18.8. The second-order valence-corrected chi connectivity index (χ2v) is 5.99. The zero-order valence-corrected chi connectivity index (χ0v) is 14.7. The highest BCUT2D eigenvalue weighted by Gasteiger charge is 2.38. The zero-order chi connectivity index (χ0) is 19.2. The van der Waals surface area contributed by atoms with E-state index in [0.717, 1.165) is 0 Å². The molecule has 1 aliphatic heterocycles. The van der Waals surface area contributed by atoms with E-state index >= 15 is 0 Å². The molecule has 2 N–H and O–H groups in total. The van der Waals surface area contributed by atoms with E-state index in [1.807, 2.05) is 36.4 Å². The highest BCUT2D eigenvalue weighted by atomic mass is 16.5. The van der Waals surface area contributed by atoms with Crippen molar-refractivity contribution >= 4 is 12.0 Å². The molecule has 0 spiro atoms. The third-order valence-corrected chi connectivity index (χ3v) is 4.06. The predicted molar refractivity (Wildman–Crippen MR) is 101 cm³/mol. The van der Waals surface area contributed by atoms with Gasteiger partial charge in [0, 0.05) is 5.70 Å². The predicted octanol–water partition coefficient (Wildman–Crippen LogP) is 3.69. The number of hydrogen-bond donors (Lipinski definition) is 2. The Hall–Kier alpha value is -3.54. The molecule has 1 saturated heterocycles. The third kappa shape index (κ3) is 4.36. The van der Waals surface area contributed by atoms with E-state index in [1.165, 1.54) is 6.08 Å². The number of esters is 1. The SMILES string of the molecule is C=CCOC(=O)[C@@H]1C(=C)NC(=O)N[C@@H]1c1cccc(Oc2ccccc2)c1. The highest BCUT2D eigenvalue weighted by Crippen LogP contribution is 2.33. The summed E-state index contributed by atoms with van der Waals surface area (Å²) in [4.78, 5) is 24.4. The Bertz CT molecular complexity index is 863. The Labute approximate surface area is 157 Å². The Balaban J connectivity index is 1.87. The lowest BCUT2D eigenvalue weighted by atomic mass is 9.89. The standard InChI is InChI=1S/C21H20N2O4/c1-3-12-26-20(24)18-14(2)22-21(25)23-19(18)15-8-7-11-17(13-15)27-16-9-5-4-6-10-16/h3-11,13,18-19H,1-2,12H2,(H2,22,23,25)/t18-,19-/m1/s1. The van der Waals surface area contributed by atoms with E-state index in [1.54, 1.807) is 18.2 Å². The minimum absolute atomic E-state index is 0.0838. The molecular weight excluding hydrogens is 344 g/mol. The molecule has 6 heteroatoms. The van der Waals surface area contributed by atoms with Crippen LogP contribution < -0.4 is 15.4 Å². The minimum Gasteiger partial charge on any atom is -0.461 e. The van der Waals surface area contributed by atoms with Crippen LogP contribution in [0.5, 0.6) is 11.5 Å². The van der Waals surface area contributed by atoms with Gasteiger partial charge in [-0.2, -0.15) is 0 Å². The van der Waals surface area contributed by atoms with E-state index < -0.39 is 24.0 Å². The summed E-state index contributed by atoms with van der Waals surface area (Å²) in [5.41, 5.74) is 0.993. The third-order valence-electron chi connectivity index (χ3n) is 4.06. The summed E-state index contributed by atoms with van der Waals surface area (Å²) < 4.78 is 11.0. The van der Waals surface area contributed by atoms with Crippen molar-refractivity contribution in [3.63, 3.8) is 0 Å². The molecule has 6 nitrogen and oxygen atoms in total. The van der Waals surface area contributed by atoms with Gasteiger partial charge in [0.25, 0.3) is 0 Å². The second kappa shape index (κ2) is 8.23. The molecule has 2 amide bonds. The summed E-state index contributed by atoms with van der Waals surface area (Å²) in [6.45, 7) is 7.43. The lowest BCUT2D eigenvalue weighted by molar-refractivity contribution is -0.147. The van der Waals surface area contributed by atoms with Crippen LogP contribution in [0.25, 0.3) is 0 Å². The fraction of sp³-hybridized carbons (Fsp3) is 0.143. The fourth-order valence-electron chi connectivity index (χ4n) is 2.87. The molecule has 0 radical (unpaired) electrons. The monoisotopic (exact) mass is 364 g/mol. The van der Waals surface area contributed by atoms with Gasteiger partial charge in [-0.1, -0.05) is 49.6 Å². The van der Waals surface area contributed by atoms with Crippen molar-refractivity contribution in [1.29, 1.82) is 0 Å². The number of amides is 2. The van der Waals surface area contributed by atoms with Crippen molar-refractivity contribution in [3.8, 4) is 11.5 Å². The molecule has 0 bridgehead atoms. The van der Waals surface area contributed by atoms with Crippen LogP contribution >= 0.6 is 0 Å². The van der Waals surface area contributed by atoms with Crippen molar-refractivity contribution in [2.75, 3.05) is 6.61 Å². The maximum atomic E-state index is 12.5. The van der Waals surface area contributed by atoms with Gasteiger partial charge in [0.05, 0.1) is 6.04 Å². The maximum absolute atomic E-state index is 12.5. The average molecular weight is 364 g/mol. The number of rotatable bonds is 6. The Morgan fingerprint density at radius 1 is 1.11 bits per heavy atom. The van der Waals surface area contributed by atoms with Crippen LogP contribution in [0.3, 0.4) is 0 Å². The molecule has 0 aromatic heterocycles. The molecule has 2 atom stereocenters. The number of ether oxygens (including phenoxy) is 2. The van der Waals surface area contributed by atoms with Crippen LogP contribution in [0.1, 0.15) is 11.6 Å². The molecule has 3 rings (SSSR count). The van der Waals surface area contributed by atoms with E-state index in [2.05, 4.69) is 23.8 Å². The number of urea groups is 1. The zero-order valence-electron chi connectivity index (χ0n) is 14.7. The highest BCUT2D eigenvalue weighted by molar-refractivity contribution is 5.85. The first-order valence-corrected chi connectivity index (χ1v) is 8.45. The van der Waals surface area contributed by atoms with E-state index in [4.69, 9.17) is 9.47 Å². The van der Waals surface area contributed by atoms with Crippen LogP contribution in [0.4, 0.5) is 4.79 Å². The molecule has 27 heavy (non-hydrogen) atoms. The second-order valence-electron chi connectivity index (χ2n) is 5.99. The molecule has 0 aliphatic carbocycles. The number of carbonyl (C=O) groups excluding carboxylic acids is 2. The van der Waals surface area contributed by atoms with Crippen LogP contribution in [0.2, 0.25) is 0 Å². The van der Waals surface area contributed by atoms with Crippen molar-refractivity contribution in [2.24, 2.45) is 5.92 Å². The maximum Gasteiger partial charge on any atom is 0.319 e. The molecular formula is C21H20N2O4. The number of para-hydroxylation sites is 1. The number of benzene rings is 2. The first-order chi connectivity index (χ1) is 13.1. The van der Waals surface area contributed by atoms with Gasteiger partial charge in [0.2, 0.25) is 0 Å². The van der Waals surface area contributed by atoms with Gasteiger partial charge in [-0.15, -0.1) is 0 Å². The molecule has 1 fully saturated rings. The smallest absolute Gasteiger partial charge is 0.319 e. The summed E-state index contributed by atoms with van der Waals surface area (Å²) >= 11 is 0. The number of nitrogens with one attached hydrogen (secondary N) is 2. The van der Waals surface area contributed by atoms with Crippen LogP contribution in [-0.2, 0) is 9.53 Å². The number of hydrogen-bond acceptors (Lipinski definition) is 4. The lowest BCUT2D eigenvalue weighted by Crippen LogP contribution is -2.51. The van der Waals surface area contributed by atoms with Crippen LogP contribution in [0, 0.1) is 5.92 Å². The summed E-state index contributed by atoms with van der Waals surface area (Å²) in [6.07, 6.45) is 1.48. The molecule has 1 aliphatic rings. The molecule has 138 valence electrons. The van der Waals surface area contributed by atoms with Gasteiger partial charge < -0.3 is 20.1 Å². The summed E-state index contributed by atoms with van der Waals surface area (Å²) in [5.74, 6) is 0.0204. The molecule has 2 aromatic carbocycles. The van der Waals surface area contributed by atoms with Gasteiger partial charge in [0.15, 0.2) is 0 Å². The van der Waals surface area contributed by atoms with E-state index in [0.29, 0.717) is 17.1 Å². The van der Waals surface area contributed by atoms with Crippen molar-refractivity contribution < 1.29 is 19.1 Å². The quantitative estimate of drug-likeness (QED) is 0.605.